The zero-order chi connectivity index (χ0) is 16.5. The van der Waals surface area contributed by atoms with Crippen molar-refractivity contribution in [2.24, 2.45) is 5.10 Å². The first kappa shape index (κ1) is 19.0. The molecule has 0 radical (unpaired) electrons. The van der Waals surface area contributed by atoms with Gasteiger partial charge in [0.15, 0.2) is 16.6 Å². The highest BCUT2D eigenvalue weighted by Crippen LogP contribution is 2.34. The Hall–Kier alpha value is -1.09. The topological polar surface area (TPSA) is 54.9 Å². The van der Waals surface area contributed by atoms with Crippen molar-refractivity contribution in [1.29, 1.82) is 0 Å². The first-order chi connectivity index (χ1) is 10.5. The summed E-state index contributed by atoms with van der Waals surface area (Å²) in [7, 11) is 0. The Morgan fingerprint density at radius 3 is 2.73 bits per heavy atom. The molecule has 0 aliphatic carbocycles. The molecule has 0 atom stereocenters. The molecule has 1 aromatic carbocycles. The standard InChI is InChI=1S/C15H22IN3O2S/c1-5-17-15(22)19-18-9-11-7-12(16)14(21-10(3)4)13(8-11)20-6-2/h7-10H,5-6H2,1-4H3,(H2,17,19,22). The number of hydrogen-bond donors (Lipinski definition) is 2. The van der Waals surface area contributed by atoms with Gasteiger partial charge in [-0.3, -0.25) is 5.43 Å². The minimum absolute atomic E-state index is 0.0893. The fourth-order valence-corrected chi connectivity index (χ4v) is 2.59. The maximum atomic E-state index is 5.83. The highest BCUT2D eigenvalue weighted by Gasteiger charge is 2.13. The number of nitrogens with zero attached hydrogens (tertiary/aromatic N) is 1. The predicted molar refractivity (Wildman–Crippen MR) is 103 cm³/mol. The molecule has 0 aliphatic rings. The van der Waals surface area contributed by atoms with Crippen molar-refractivity contribution in [1.82, 2.24) is 10.7 Å². The third kappa shape index (κ3) is 6.35. The van der Waals surface area contributed by atoms with E-state index in [0.29, 0.717) is 11.7 Å². The highest BCUT2D eigenvalue weighted by molar-refractivity contribution is 14.1. The third-order valence-electron chi connectivity index (χ3n) is 2.40. The Kier molecular flexibility index (Phi) is 8.47. The Labute approximate surface area is 151 Å². The van der Waals surface area contributed by atoms with E-state index in [2.05, 4.69) is 38.4 Å². The second kappa shape index (κ2) is 9.83. The van der Waals surface area contributed by atoms with Crippen LogP contribution in [0, 0.1) is 3.57 Å². The van der Waals surface area contributed by atoms with Crippen molar-refractivity contribution in [3.05, 3.63) is 21.3 Å². The summed E-state index contributed by atoms with van der Waals surface area (Å²) in [6.45, 7) is 9.24. The van der Waals surface area contributed by atoms with E-state index in [1.54, 1.807) is 6.21 Å². The SMILES string of the molecule is CCNC(=S)NN=Cc1cc(I)c(OC(C)C)c(OCC)c1. The Balaban J connectivity index is 2.93. The third-order valence-corrected chi connectivity index (χ3v) is 3.44. The van der Waals surface area contributed by atoms with Crippen molar-refractivity contribution in [2.75, 3.05) is 13.2 Å². The summed E-state index contributed by atoms with van der Waals surface area (Å²) in [4.78, 5) is 0. The number of benzene rings is 1. The normalized spacial score (nSPS) is 10.8. The molecule has 0 saturated heterocycles. The van der Waals surface area contributed by atoms with Gasteiger partial charge in [-0.1, -0.05) is 0 Å². The van der Waals surface area contributed by atoms with E-state index in [1.165, 1.54) is 0 Å². The maximum Gasteiger partial charge on any atom is 0.186 e. The van der Waals surface area contributed by atoms with Gasteiger partial charge in [0.25, 0.3) is 0 Å². The van der Waals surface area contributed by atoms with Gasteiger partial charge in [0.2, 0.25) is 0 Å². The van der Waals surface area contributed by atoms with Crippen LogP contribution in [0.4, 0.5) is 0 Å². The molecule has 1 aromatic rings. The molecule has 0 saturated carbocycles. The molecule has 0 aliphatic heterocycles. The summed E-state index contributed by atoms with van der Waals surface area (Å²) < 4.78 is 12.5. The number of halogens is 1. The summed E-state index contributed by atoms with van der Waals surface area (Å²) in [6, 6.07) is 3.90. The first-order valence-corrected chi connectivity index (χ1v) is 8.66. The lowest BCUT2D eigenvalue weighted by Crippen LogP contribution is -2.31. The molecule has 0 aromatic heterocycles. The lowest BCUT2D eigenvalue weighted by atomic mass is 10.2. The number of hydrogen-bond acceptors (Lipinski definition) is 4. The van der Waals surface area contributed by atoms with Crippen LogP contribution < -0.4 is 20.2 Å². The van der Waals surface area contributed by atoms with E-state index in [4.69, 9.17) is 21.7 Å². The van der Waals surface area contributed by atoms with E-state index in [-0.39, 0.29) is 6.10 Å². The molecule has 0 spiro atoms. The van der Waals surface area contributed by atoms with Crippen LogP contribution in [0.3, 0.4) is 0 Å². The molecule has 0 bridgehead atoms. The van der Waals surface area contributed by atoms with Gasteiger partial charge in [-0.05, 0) is 80.2 Å². The van der Waals surface area contributed by atoms with Crippen LogP contribution in [0.1, 0.15) is 33.3 Å². The summed E-state index contributed by atoms with van der Waals surface area (Å²) in [5, 5.41) is 7.58. The smallest absolute Gasteiger partial charge is 0.186 e. The van der Waals surface area contributed by atoms with Crippen molar-refractivity contribution in [2.45, 2.75) is 33.8 Å². The molecule has 5 nitrogen and oxygen atoms in total. The lowest BCUT2D eigenvalue weighted by molar-refractivity contribution is 0.222. The molecule has 0 unspecified atom stereocenters. The average Bonchev–Trinajstić information content (AvgIpc) is 2.43. The molecule has 0 heterocycles. The predicted octanol–water partition coefficient (Wildman–Crippen LogP) is 3.30. The number of rotatable bonds is 7. The van der Waals surface area contributed by atoms with E-state index in [0.717, 1.165) is 27.2 Å². The summed E-state index contributed by atoms with van der Waals surface area (Å²) >= 11 is 7.29. The second-order valence-corrected chi connectivity index (χ2v) is 6.23. The van der Waals surface area contributed by atoms with E-state index < -0.39 is 0 Å². The van der Waals surface area contributed by atoms with Crippen LogP contribution in [0.25, 0.3) is 0 Å². The molecule has 0 amide bonds. The van der Waals surface area contributed by atoms with E-state index >= 15 is 0 Å². The largest absolute Gasteiger partial charge is 0.490 e. The van der Waals surface area contributed by atoms with Gasteiger partial charge >= 0.3 is 0 Å². The minimum atomic E-state index is 0.0893. The molecule has 22 heavy (non-hydrogen) atoms. The number of ether oxygens (including phenoxy) is 2. The highest BCUT2D eigenvalue weighted by atomic mass is 127. The fourth-order valence-electron chi connectivity index (χ4n) is 1.64. The van der Waals surface area contributed by atoms with Crippen LogP contribution in [0.2, 0.25) is 0 Å². The number of nitrogens with one attached hydrogen (secondary N) is 2. The van der Waals surface area contributed by atoms with E-state index in [9.17, 15) is 0 Å². The van der Waals surface area contributed by atoms with Gasteiger partial charge in [-0.2, -0.15) is 5.10 Å². The molecule has 0 fully saturated rings. The van der Waals surface area contributed by atoms with Gasteiger partial charge in [0, 0.05) is 6.54 Å². The van der Waals surface area contributed by atoms with Crippen molar-refractivity contribution in [3.63, 3.8) is 0 Å². The molecule has 1 rings (SSSR count). The van der Waals surface area contributed by atoms with Crippen LogP contribution >= 0.6 is 34.8 Å². The summed E-state index contributed by atoms with van der Waals surface area (Å²) in [5.41, 5.74) is 3.68. The molecule has 7 heteroatoms. The van der Waals surface area contributed by atoms with Gasteiger partial charge in [0.05, 0.1) is 22.5 Å². The lowest BCUT2D eigenvalue weighted by Gasteiger charge is -2.16. The summed E-state index contributed by atoms with van der Waals surface area (Å²) in [5.74, 6) is 1.49. The fraction of sp³-hybridized carbons (Fsp3) is 0.467. The maximum absolute atomic E-state index is 5.83. The first-order valence-electron chi connectivity index (χ1n) is 7.17. The summed E-state index contributed by atoms with van der Waals surface area (Å²) in [6.07, 6.45) is 1.79. The van der Waals surface area contributed by atoms with Crippen molar-refractivity contribution >= 4 is 46.1 Å². The van der Waals surface area contributed by atoms with Gasteiger partial charge in [0.1, 0.15) is 0 Å². The monoisotopic (exact) mass is 435 g/mol. The molecular formula is C15H22IN3O2S. The Morgan fingerprint density at radius 1 is 1.41 bits per heavy atom. The molecule has 2 N–H and O–H groups in total. The van der Waals surface area contributed by atoms with E-state index in [1.807, 2.05) is 39.8 Å². The Bertz CT molecular complexity index is 536. The van der Waals surface area contributed by atoms with Crippen LogP contribution in [-0.4, -0.2) is 30.6 Å². The van der Waals surface area contributed by atoms with Gasteiger partial charge in [-0.15, -0.1) is 0 Å². The van der Waals surface area contributed by atoms with Crippen molar-refractivity contribution in [3.8, 4) is 11.5 Å². The van der Waals surface area contributed by atoms with Gasteiger partial charge < -0.3 is 14.8 Å². The zero-order valence-corrected chi connectivity index (χ0v) is 16.2. The zero-order valence-electron chi connectivity index (χ0n) is 13.3. The second-order valence-electron chi connectivity index (χ2n) is 4.66. The molecular weight excluding hydrogens is 413 g/mol. The van der Waals surface area contributed by atoms with Crippen molar-refractivity contribution < 1.29 is 9.47 Å². The minimum Gasteiger partial charge on any atom is -0.490 e. The van der Waals surface area contributed by atoms with Crippen LogP contribution in [0.5, 0.6) is 11.5 Å². The van der Waals surface area contributed by atoms with Gasteiger partial charge in [-0.25, -0.2) is 0 Å². The van der Waals surface area contributed by atoms with Crippen LogP contribution in [0.15, 0.2) is 17.2 Å². The van der Waals surface area contributed by atoms with Crippen LogP contribution in [-0.2, 0) is 0 Å². The number of thiocarbonyl (C=S) groups is 1. The quantitative estimate of drug-likeness (QED) is 0.298. The Morgan fingerprint density at radius 2 is 2.14 bits per heavy atom. The molecule has 122 valence electrons. The number of hydrazone groups is 1. The average molecular weight is 435 g/mol.